The van der Waals surface area contributed by atoms with E-state index in [4.69, 9.17) is 0 Å². The van der Waals surface area contributed by atoms with Crippen molar-refractivity contribution in [3.63, 3.8) is 0 Å². The summed E-state index contributed by atoms with van der Waals surface area (Å²) >= 11 is 0. The molecule has 0 aromatic rings. The summed E-state index contributed by atoms with van der Waals surface area (Å²) in [5.74, 6) is -0.419. The third kappa shape index (κ3) is 5.27. The molecule has 1 rings (SSSR count). The first kappa shape index (κ1) is 14.6. The summed E-state index contributed by atoms with van der Waals surface area (Å²) in [4.78, 5) is 2.09. The molecule has 1 aliphatic rings. The predicted octanol–water partition coefficient (Wildman–Crippen LogP) is 2.40. The average Bonchev–Trinajstić information content (AvgIpc) is 2.29. The molecule has 0 saturated carbocycles. The predicted molar refractivity (Wildman–Crippen MR) is 63.6 cm³/mol. The van der Waals surface area contributed by atoms with Crippen LogP contribution in [0.15, 0.2) is 36.3 Å². The van der Waals surface area contributed by atoms with Gasteiger partial charge in [-0.15, -0.1) is 13.2 Å². The number of hydrogen-bond donors (Lipinski definition) is 1. The van der Waals surface area contributed by atoms with E-state index in [1.54, 1.807) is 6.08 Å². The Labute approximate surface area is 105 Å². The van der Waals surface area contributed by atoms with Gasteiger partial charge in [0.1, 0.15) is 5.76 Å². The zero-order chi connectivity index (χ0) is 13.6. The van der Waals surface area contributed by atoms with Crippen molar-refractivity contribution in [1.29, 1.82) is 0 Å². The highest BCUT2D eigenvalue weighted by Crippen LogP contribution is 2.20. The molecule has 0 bridgehead atoms. The molecule has 0 aromatic carbocycles. The van der Waals surface area contributed by atoms with Crippen molar-refractivity contribution >= 4 is 0 Å². The molecule has 0 unspecified atom stereocenters. The number of ether oxygens (including phenoxy) is 1. The fraction of sp³-hybridized carbons (Fsp3) is 0.500. The van der Waals surface area contributed by atoms with Crippen LogP contribution in [0.4, 0.5) is 13.2 Å². The summed E-state index contributed by atoms with van der Waals surface area (Å²) in [6, 6.07) is 0. The number of rotatable bonds is 4. The highest BCUT2D eigenvalue weighted by molar-refractivity contribution is 5.23. The molecule has 1 aliphatic heterocycles. The molecular formula is C12H17F3N2O. The summed E-state index contributed by atoms with van der Waals surface area (Å²) < 4.78 is 39.4. The molecule has 1 saturated heterocycles. The van der Waals surface area contributed by atoms with Crippen LogP contribution in [0.25, 0.3) is 0 Å². The van der Waals surface area contributed by atoms with Crippen molar-refractivity contribution in [3.8, 4) is 0 Å². The van der Waals surface area contributed by atoms with E-state index in [9.17, 15) is 13.2 Å². The lowest BCUT2D eigenvalue weighted by Crippen LogP contribution is -2.42. The van der Waals surface area contributed by atoms with Gasteiger partial charge in [0.05, 0.1) is 0 Å². The fourth-order valence-corrected chi connectivity index (χ4v) is 1.67. The number of alkyl halides is 3. The Hall–Kier alpha value is -1.43. The van der Waals surface area contributed by atoms with Gasteiger partial charge in [-0.1, -0.05) is 12.7 Å². The van der Waals surface area contributed by atoms with Crippen LogP contribution in [0.2, 0.25) is 0 Å². The third-order valence-electron chi connectivity index (χ3n) is 2.46. The maximum absolute atomic E-state index is 11.9. The molecule has 3 nitrogen and oxygen atoms in total. The van der Waals surface area contributed by atoms with Crippen LogP contribution in [-0.4, -0.2) is 37.4 Å². The minimum atomic E-state index is -4.69. The highest BCUT2D eigenvalue weighted by atomic mass is 19.4. The summed E-state index contributed by atoms with van der Waals surface area (Å²) in [6.07, 6.45) is -0.0283. The molecule has 0 spiro atoms. The first-order valence-corrected chi connectivity index (χ1v) is 5.67. The van der Waals surface area contributed by atoms with E-state index in [0.29, 0.717) is 0 Å². The lowest BCUT2D eigenvalue weighted by molar-refractivity contribution is -0.303. The number of piperazine rings is 1. The third-order valence-corrected chi connectivity index (χ3v) is 2.46. The van der Waals surface area contributed by atoms with Crippen molar-refractivity contribution in [2.24, 2.45) is 0 Å². The molecule has 0 radical (unpaired) electrons. The summed E-state index contributed by atoms with van der Waals surface area (Å²) in [5, 5.41) is 3.21. The van der Waals surface area contributed by atoms with Gasteiger partial charge in [-0.05, 0) is 19.1 Å². The van der Waals surface area contributed by atoms with Gasteiger partial charge < -0.3 is 15.0 Å². The summed E-state index contributed by atoms with van der Waals surface area (Å²) in [5.41, 5.74) is 0.864. The quantitative estimate of drug-likeness (QED) is 0.622. The van der Waals surface area contributed by atoms with E-state index >= 15 is 0 Å². The van der Waals surface area contributed by atoms with E-state index in [1.165, 1.54) is 6.08 Å². The van der Waals surface area contributed by atoms with E-state index < -0.39 is 12.1 Å². The van der Waals surface area contributed by atoms with E-state index in [0.717, 1.165) is 31.9 Å². The van der Waals surface area contributed by atoms with Crippen LogP contribution in [0, 0.1) is 0 Å². The SMILES string of the molecule is C=C(/C=C\C(=C/C)N1CCNCC1)OC(F)(F)F. The molecule has 102 valence electrons. The fourth-order valence-electron chi connectivity index (χ4n) is 1.67. The zero-order valence-corrected chi connectivity index (χ0v) is 10.3. The molecular weight excluding hydrogens is 245 g/mol. The summed E-state index contributed by atoms with van der Waals surface area (Å²) in [6.45, 7) is 8.44. The Kier molecular flexibility index (Phi) is 5.27. The van der Waals surface area contributed by atoms with Gasteiger partial charge in [-0.25, -0.2) is 0 Å². The van der Waals surface area contributed by atoms with Crippen LogP contribution in [0.1, 0.15) is 6.92 Å². The minimum absolute atomic E-state index is 0.419. The van der Waals surface area contributed by atoms with Crippen molar-refractivity contribution in [2.45, 2.75) is 13.3 Å². The second kappa shape index (κ2) is 6.49. The topological polar surface area (TPSA) is 24.5 Å². The molecule has 1 fully saturated rings. The van der Waals surface area contributed by atoms with Crippen molar-refractivity contribution in [3.05, 3.63) is 36.3 Å². The normalized spacial score (nSPS) is 18.2. The number of allylic oxidation sites excluding steroid dienone is 3. The maximum atomic E-state index is 11.9. The Morgan fingerprint density at radius 2 is 1.89 bits per heavy atom. The van der Waals surface area contributed by atoms with Crippen molar-refractivity contribution < 1.29 is 17.9 Å². The molecule has 18 heavy (non-hydrogen) atoms. The van der Waals surface area contributed by atoms with Crippen LogP contribution in [-0.2, 0) is 4.74 Å². The lowest BCUT2D eigenvalue weighted by Gasteiger charge is -2.30. The molecule has 0 aromatic heterocycles. The largest absolute Gasteiger partial charge is 0.573 e. The van der Waals surface area contributed by atoms with Gasteiger partial charge in [0, 0.05) is 31.9 Å². The molecule has 1 N–H and O–H groups in total. The van der Waals surface area contributed by atoms with Crippen LogP contribution >= 0.6 is 0 Å². The van der Waals surface area contributed by atoms with Crippen LogP contribution in [0.5, 0.6) is 0 Å². The highest BCUT2D eigenvalue weighted by Gasteiger charge is 2.30. The monoisotopic (exact) mass is 262 g/mol. The van der Waals surface area contributed by atoms with Gasteiger partial charge in [0.2, 0.25) is 0 Å². The Balaban J connectivity index is 2.55. The van der Waals surface area contributed by atoms with Crippen LogP contribution in [0.3, 0.4) is 0 Å². The van der Waals surface area contributed by atoms with Gasteiger partial charge >= 0.3 is 6.36 Å². The number of nitrogens with one attached hydrogen (secondary N) is 1. The van der Waals surface area contributed by atoms with Gasteiger partial charge in [-0.2, -0.15) is 0 Å². The van der Waals surface area contributed by atoms with E-state index in [2.05, 4.69) is 21.5 Å². The second-order valence-corrected chi connectivity index (χ2v) is 3.80. The van der Waals surface area contributed by atoms with E-state index in [-0.39, 0.29) is 0 Å². The Morgan fingerprint density at radius 1 is 1.28 bits per heavy atom. The van der Waals surface area contributed by atoms with Gasteiger partial charge in [-0.3, -0.25) is 0 Å². The number of nitrogens with zero attached hydrogens (tertiary/aromatic N) is 1. The average molecular weight is 262 g/mol. The van der Waals surface area contributed by atoms with Crippen molar-refractivity contribution in [2.75, 3.05) is 26.2 Å². The maximum Gasteiger partial charge on any atom is 0.573 e. The van der Waals surface area contributed by atoms with Gasteiger partial charge in [0.25, 0.3) is 0 Å². The molecule has 0 atom stereocenters. The standard InChI is InChI=1S/C12H17F3N2O/c1-3-11(17-8-6-16-7-9-17)5-4-10(2)18-12(13,14)15/h3-5,16H,2,6-9H2,1H3/b5-4-,11-3+. The smallest absolute Gasteiger partial charge is 0.406 e. The lowest BCUT2D eigenvalue weighted by atomic mass is 10.2. The first-order valence-electron chi connectivity index (χ1n) is 5.67. The van der Waals surface area contributed by atoms with Gasteiger partial charge in [0.15, 0.2) is 0 Å². The molecule has 0 amide bonds. The first-order chi connectivity index (χ1) is 8.42. The van der Waals surface area contributed by atoms with Crippen LogP contribution < -0.4 is 5.32 Å². The molecule has 1 heterocycles. The Bertz CT molecular complexity index is 342. The molecule has 0 aliphatic carbocycles. The number of hydrogen-bond acceptors (Lipinski definition) is 3. The zero-order valence-electron chi connectivity index (χ0n) is 10.3. The number of halogens is 3. The summed E-state index contributed by atoms with van der Waals surface area (Å²) in [7, 11) is 0. The Morgan fingerprint density at radius 3 is 2.39 bits per heavy atom. The van der Waals surface area contributed by atoms with Crippen molar-refractivity contribution in [1.82, 2.24) is 10.2 Å². The second-order valence-electron chi connectivity index (χ2n) is 3.80. The van der Waals surface area contributed by atoms with E-state index in [1.807, 2.05) is 13.0 Å². The minimum Gasteiger partial charge on any atom is -0.406 e. The molecule has 6 heteroatoms.